The van der Waals surface area contributed by atoms with Gasteiger partial charge in [-0.25, -0.2) is 13.1 Å². The van der Waals surface area contributed by atoms with Crippen LogP contribution >= 0.6 is 0 Å². The van der Waals surface area contributed by atoms with E-state index in [0.29, 0.717) is 28.0 Å². The Bertz CT molecular complexity index is 626. The lowest BCUT2D eigenvalue weighted by Gasteiger charge is -2.22. The van der Waals surface area contributed by atoms with E-state index in [1.807, 2.05) is 19.9 Å². The number of hydrogen-bond acceptors (Lipinski definition) is 3. The third kappa shape index (κ3) is 2.94. The van der Waals surface area contributed by atoms with Crippen LogP contribution in [0, 0.1) is 32.6 Å². The van der Waals surface area contributed by atoms with E-state index >= 15 is 0 Å². The van der Waals surface area contributed by atoms with Crippen molar-refractivity contribution in [3.05, 3.63) is 22.8 Å². The van der Waals surface area contributed by atoms with Gasteiger partial charge in [0.25, 0.3) is 0 Å². The number of nitrogens with one attached hydrogen (secondary N) is 1. The van der Waals surface area contributed by atoms with Crippen molar-refractivity contribution in [1.82, 2.24) is 4.72 Å². The van der Waals surface area contributed by atoms with E-state index in [9.17, 15) is 8.42 Å². The first kappa shape index (κ1) is 16.3. The largest absolute Gasteiger partial charge is 0.398 e. The number of nitrogen functional groups attached to an aromatic ring is 1. The van der Waals surface area contributed by atoms with Gasteiger partial charge in [-0.2, -0.15) is 0 Å². The SMILES string of the molecule is Cc1cc(N)c(C)c(S(=O)(=O)NC2CCC(C)C2C)c1C. The summed E-state index contributed by atoms with van der Waals surface area (Å²) < 4.78 is 28.5. The van der Waals surface area contributed by atoms with Gasteiger partial charge in [-0.3, -0.25) is 0 Å². The summed E-state index contributed by atoms with van der Waals surface area (Å²) in [4.78, 5) is 0.353. The molecule has 2 rings (SSSR count). The van der Waals surface area contributed by atoms with Crippen LogP contribution in [0.15, 0.2) is 11.0 Å². The Hall–Kier alpha value is -1.07. The van der Waals surface area contributed by atoms with Gasteiger partial charge in [0.2, 0.25) is 10.0 Å². The van der Waals surface area contributed by atoms with Gasteiger partial charge >= 0.3 is 0 Å². The van der Waals surface area contributed by atoms with Crippen LogP contribution in [0.1, 0.15) is 43.4 Å². The van der Waals surface area contributed by atoms with Crippen molar-refractivity contribution < 1.29 is 8.42 Å². The second-order valence-corrected chi connectivity index (χ2v) is 8.15. The van der Waals surface area contributed by atoms with Crippen LogP contribution in [0.5, 0.6) is 0 Å². The molecule has 1 saturated carbocycles. The van der Waals surface area contributed by atoms with Gasteiger partial charge in [-0.05, 0) is 68.2 Å². The average Bonchev–Trinajstić information content (AvgIpc) is 2.68. The van der Waals surface area contributed by atoms with Gasteiger partial charge in [0.05, 0.1) is 4.90 Å². The average molecular weight is 310 g/mol. The van der Waals surface area contributed by atoms with Crippen molar-refractivity contribution in [2.24, 2.45) is 11.8 Å². The van der Waals surface area contributed by atoms with E-state index in [2.05, 4.69) is 18.6 Å². The highest BCUT2D eigenvalue weighted by molar-refractivity contribution is 7.89. The van der Waals surface area contributed by atoms with Crippen LogP contribution in [-0.2, 0) is 10.0 Å². The van der Waals surface area contributed by atoms with Crippen LogP contribution in [0.4, 0.5) is 5.69 Å². The fourth-order valence-electron chi connectivity index (χ4n) is 3.23. The summed E-state index contributed by atoms with van der Waals surface area (Å²) in [5, 5.41) is 0. The van der Waals surface area contributed by atoms with E-state index in [0.717, 1.165) is 24.0 Å². The molecule has 0 aliphatic heterocycles. The maximum absolute atomic E-state index is 12.8. The smallest absolute Gasteiger partial charge is 0.241 e. The molecule has 0 amide bonds. The minimum absolute atomic E-state index is 0.0190. The quantitative estimate of drug-likeness (QED) is 0.843. The van der Waals surface area contributed by atoms with Gasteiger partial charge in [0, 0.05) is 11.7 Å². The Morgan fingerprint density at radius 2 is 1.76 bits per heavy atom. The van der Waals surface area contributed by atoms with Crippen LogP contribution < -0.4 is 10.5 Å². The summed E-state index contributed by atoms with van der Waals surface area (Å²) >= 11 is 0. The van der Waals surface area contributed by atoms with Crippen molar-refractivity contribution >= 4 is 15.7 Å². The lowest BCUT2D eigenvalue weighted by Crippen LogP contribution is -2.38. The number of anilines is 1. The summed E-state index contributed by atoms with van der Waals surface area (Å²) in [5.41, 5.74) is 8.82. The highest BCUT2D eigenvalue weighted by atomic mass is 32.2. The topological polar surface area (TPSA) is 72.2 Å². The first-order valence-corrected chi connectivity index (χ1v) is 9.02. The Morgan fingerprint density at radius 3 is 2.29 bits per heavy atom. The van der Waals surface area contributed by atoms with Crippen molar-refractivity contribution in [3.8, 4) is 0 Å². The van der Waals surface area contributed by atoms with E-state index in [-0.39, 0.29) is 6.04 Å². The molecule has 118 valence electrons. The molecule has 0 bridgehead atoms. The highest BCUT2D eigenvalue weighted by Crippen LogP contribution is 2.33. The Labute approximate surface area is 128 Å². The summed E-state index contributed by atoms with van der Waals surface area (Å²) in [6.07, 6.45) is 1.98. The van der Waals surface area contributed by atoms with Crippen molar-refractivity contribution in [1.29, 1.82) is 0 Å². The van der Waals surface area contributed by atoms with Gasteiger partial charge in [0.1, 0.15) is 0 Å². The normalized spacial score (nSPS) is 26.2. The lowest BCUT2D eigenvalue weighted by molar-refractivity contribution is 0.402. The molecule has 3 unspecified atom stereocenters. The lowest BCUT2D eigenvalue weighted by atomic mass is 9.98. The molecule has 1 aromatic carbocycles. The zero-order valence-corrected chi connectivity index (χ0v) is 14.3. The maximum Gasteiger partial charge on any atom is 0.241 e. The van der Waals surface area contributed by atoms with E-state index in [1.54, 1.807) is 6.92 Å². The molecule has 1 aliphatic carbocycles. The standard InChI is InChI=1S/C16H26N2O2S/c1-9-6-7-15(11(9)3)18-21(19,20)16-12(4)10(2)8-14(17)13(16)5/h8-9,11,15,18H,6-7,17H2,1-5H3. The Balaban J connectivity index is 2.41. The third-order valence-electron chi connectivity index (χ3n) is 5.12. The van der Waals surface area contributed by atoms with E-state index < -0.39 is 10.0 Å². The fourth-order valence-corrected chi connectivity index (χ4v) is 5.17. The molecule has 0 radical (unpaired) electrons. The molecule has 21 heavy (non-hydrogen) atoms. The number of hydrogen-bond donors (Lipinski definition) is 2. The number of aryl methyl sites for hydroxylation is 1. The van der Waals surface area contributed by atoms with Gasteiger partial charge in [-0.1, -0.05) is 13.8 Å². The molecule has 0 saturated heterocycles. The van der Waals surface area contributed by atoms with Crippen molar-refractivity contribution in [3.63, 3.8) is 0 Å². The molecular weight excluding hydrogens is 284 g/mol. The van der Waals surface area contributed by atoms with Gasteiger partial charge in [-0.15, -0.1) is 0 Å². The zero-order valence-electron chi connectivity index (χ0n) is 13.5. The zero-order chi connectivity index (χ0) is 15.9. The molecule has 0 aromatic heterocycles. The molecule has 1 aromatic rings. The molecule has 3 atom stereocenters. The number of benzene rings is 1. The minimum atomic E-state index is -3.54. The summed E-state index contributed by atoms with van der Waals surface area (Å²) in [6, 6.07) is 1.86. The molecule has 4 nitrogen and oxygen atoms in total. The number of rotatable bonds is 3. The van der Waals surface area contributed by atoms with Crippen molar-refractivity contribution in [2.45, 2.75) is 58.4 Å². The predicted octanol–water partition coefficient (Wildman–Crippen LogP) is 2.91. The predicted molar refractivity (Wildman–Crippen MR) is 86.7 cm³/mol. The maximum atomic E-state index is 12.8. The van der Waals surface area contributed by atoms with Crippen molar-refractivity contribution in [2.75, 3.05) is 5.73 Å². The minimum Gasteiger partial charge on any atom is -0.398 e. The second kappa shape index (κ2) is 5.61. The third-order valence-corrected chi connectivity index (χ3v) is 6.88. The van der Waals surface area contributed by atoms with Gasteiger partial charge in [0.15, 0.2) is 0 Å². The summed E-state index contributed by atoms with van der Waals surface area (Å²) in [5.74, 6) is 0.921. The summed E-state index contributed by atoms with van der Waals surface area (Å²) in [7, 11) is -3.54. The fraction of sp³-hybridized carbons (Fsp3) is 0.625. The van der Waals surface area contributed by atoms with Crippen LogP contribution in [0.25, 0.3) is 0 Å². The molecule has 3 N–H and O–H groups in total. The second-order valence-electron chi connectivity index (χ2n) is 6.50. The molecule has 1 fully saturated rings. The monoisotopic (exact) mass is 310 g/mol. The molecule has 0 heterocycles. The van der Waals surface area contributed by atoms with Crippen LogP contribution in [0.2, 0.25) is 0 Å². The molecular formula is C16H26N2O2S. The molecule has 1 aliphatic rings. The summed E-state index contributed by atoms with van der Waals surface area (Å²) in [6.45, 7) is 9.81. The first-order valence-electron chi connectivity index (χ1n) is 7.53. The highest BCUT2D eigenvalue weighted by Gasteiger charge is 2.34. The Morgan fingerprint density at radius 1 is 1.14 bits per heavy atom. The van der Waals surface area contributed by atoms with Crippen LogP contribution in [0.3, 0.4) is 0 Å². The Kier molecular flexibility index (Phi) is 4.36. The van der Waals surface area contributed by atoms with E-state index in [1.165, 1.54) is 0 Å². The number of nitrogens with two attached hydrogens (primary N) is 1. The molecule has 0 spiro atoms. The first-order chi connectivity index (χ1) is 9.65. The van der Waals surface area contributed by atoms with E-state index in [4.69, 9.17) is 5.73 Å². The van der Waals surface area contributed by atoms with Crippen LogP contribution in [-0.4, -0.2) is 14.5 Å². The molecule has 5 heteroatoms. The number of sulfonamides is 1. The van der Waals surface area contributed by atoms with Gasteiger partial charge < -0.3 is 5.73 Å².